The van der Waals surface area contributed by atoms with Crippen molar-refractivity contribution in [2.45, 2.75) is 38.6 Å². The Labute approximate surface area is 111 Å². The molecule has 2 aromatic heterocycles. The van der Waals surface area contributed by atoms with Crippen LogP contribution < -0.4 is 10.6 Å². The van der Waals surface area contributed by atoms with Crippen LogP contribution in [0.4, 0.5) is 11.8 Å². The van der Waals surface area contributed by atoms with Gasteiger partial charge < -0.3 is 10.6 Å². The van der Waals surface area contributed by atoms with Crippen molar-refractivity contribution in [1.82, 2.24) is 9.97 Å². The van der Waals surface area contributed by atoms with Crippen molar-refractivity contribution in [2.75, 3.05) is 17.7 Å². The summed E-state index contributed by atoms with van der Waals surface area (Å²) in [5.41, 5.74) is 5.83. The van der Waals surface area contributed by atoms with Gasteiger partial charge in [-0.25, -0.2) is 4.98 Å². The lowest BCUT2D eigenvalue weighted by molar-refractivity contribution is 0.648. The van der Waals surface area contributed by atoms with Gasteiger partial charge >= 0.3 is 0 Å². The zero-order chi connectivity index (χ0) is 12.7. The lowest BCUT2D eigenvalue weighted by Crippen LogP contribution is -2.30. The number of aromatic nitrogens is 2. The number of rotatable bonds is 2. The molecule has 0 spiro atoms. The summed E-state index contributed by atoms with van der Waals surface area (Å²) in [6.45, 7) is 2.10. The van der Waals surface area contributed by atoms with Gasteiger partial charge in [0.1, 0.15) is 10.6 Å². The lowest BCUT2D eigenvalue weighted by atomic mass is 10.2. The van der Waals surface area contributed by atoms with Gasteiger partial charge in [0.25, 0.3) is 0 Å². The van der Waals surface area contributed by atoms with E-state index in [1.165, 1.54) is 30.6 Å². The first-order valence-electron chi connectivity index (χ1n) is 6.41. The third-order valence-corrected chi connectivity index (χ3v) is 4.66. The fraction of sp³-hybridized carbons (Fsp3) is 0.538. The number of hydrogen-bond acceptors (Lipinski definition) is 5. The number of nitrogen functional groups attached to an aromatic ring is 1. The van der Waals surface area contributed by atoms with Crippen LogP contribution in [0.15, 0.2) is 6.07 Å². The SMILES string of the molecule is Cc1cc2c(N(C)C3CCCC3)nc(N)nc2s1. The van der Waals surface area contributed by atoms with E-state index in [9.17, 15) is 0 Å². The molecule has 2 aromatic rings. The molecule has 0 radical (unpaired) electrons. The van der Waals surface area contributed by atoms with Gasteiger partial charge in [-0.3, -0.25) is 0 Å². The molecule has 1 aliphatic rings. The number of hydrogen-bond donors (Lipinski definition) is 1. The summed E-state index contributed by atoms with van der Waals surface area (Å²) < 4.78 is 0. The summed E-state index contributed by atoms with van der Waals surface area (Å²) in [6, 6.07) is 2.77. The van der Waals surface area contributed by atoms with Crippen LogP contribution in [0.3, 0.4) is 0 Å². The highest BCUT2D eigenvalue weighted by molar-refractivity contribution is 7.18. The second-order valence-electron chi connectivity index (χ2n) is 5.03. The molecule has 0 aromatic carbocycles. The van der Waals surface area contributed by atoms with Crippen LogP contribution in [0, 0.1) is 6.92 Å². The Balaban J connectivity index is 2.08. The normalized spacial score (nSPS) is 16.6. The summed E-state index contributed by atoms with van der Waals surface area (Å²) in [5.74, 6) is 1.37. The highest BCUT2D eigenvalue weighted by atomic mass is 32.1. The number of aryl methyl sites for hydroxylation is 1. The van der Waals surface area contributed by atoms with E-state index in [4.69, 9.17) is 5.73 Å². The number of thiophene rings is 1. The van der Waals surface area contributed by atoms with Gasteiger partial charge in [0, 0.05) is 18.0 Å². The average molecular weight is 262 g/mol. The van der Waals surface area contributed by atoms with Crippen molar-refractivity contribution in [1.29, 1.82) is 0 Å². The van der Waals surface area contributed by atoms with E-state index in [2.05, 4.69) is 34.9 Å². The zero-order valence-electron chi connectivity index (χ0n) is 10.8. The molecule has 0 atom stereocenters. The highest BCUT2D eigenvalue weighted by Crippen LogP contribution is 2.34. The molecule has 1 saturated carbocycles. The van der Waals surface area contributed by atoms with Gasteiger partial charge in [-0.1, -0.05) is 12.8 Å². The molecule has 2 heterocycles. The molecular formula is C13H18N4S. The van der Waals surface area contributed by atoms with Crippen LogP contribution in [0.5, 0.6) is 0 Å². The number of nitrogens with two attached hydrogens (primary N) is 1. The molecule has 1 aliphatic carbocycles. The maximum atomic E-state index is 5.83. The van der Waals surface area contributed by atoms with Crippen molar-refractivity contribution in [3.05, 3.63) is 10.9 Å². The summed E-state index contributed by atoms with van der Waals surface area (Å²) >= 11 is 1.68. The predicted molar refractivity (Wildman–Crippen MR) is 77.2 cm³/mol. The van der Waals surface area contributed by atoms with Gasteiger partial charge in [0.05, 0.1) is 5.39 Å². The maximum absolute atomic E-state index is 5.83. The quantitative estimate of drug-likeness (QED) is 0.904. The minimum atomic E-state index is 0.379. The molecule has 0 aliphatic heterocycles. The highest BCUT2D eigenvalue weighted by Gasteiger charge is 2.23. The van der Waals surface area contributed by atoms with Crippen molar-refractivity contribution in [2.24, 2.45) is 0 Å². The molecule has 1 fully saturated rings. The van der Waals surface area contributed by atoms with Crippen molar-refractivity contribution < 1.29 is 0 Å². The van der Waals surface area contributed by atoms with Crippen LogP contribution >= 0.6 is 11.3 Å². The fourth-order valence-corrected chi connectivity index (χ4v) is 3.66. The first-order chi connectivity index (χ1) is 8.65. The predicted octanol–water partition coefficient (Wildman–Crippen LogP) is 2.96. The minimum absolute atomic E-state index is 0.379. The van der Waals surface area contributed by atoms with E-state index in [0.717, 1.165) is 16.0 Å². The smallest absolute Gasteiger partial charge is 0.223 e. The molecule has 2 N–H and O–H groups in total. The Hall–Kier alpha value is -1.36. The van der Waals surface area contributed by atoms with Gasteiger partial charge in [0.2, 0.25) is 5.95 Å². The van der Waals surface area contributed by atoms with Gasteiger partial charge in [-0.15, -0.1) is 11.3 Å². The molecule has 0 saturated heterocycles. The molecule has 0 amide bonds. The van der Waals surface area contributed by atoms with Gasteiger partial charge in [-0.05, 0) is 25.8 Å². The number of nitrogens with zero attached hydrogens (tertiary/aromatic N) is 3. The van der Waals surface area contributed by atoms with Crippen molar-refractivity contribution in [3.63, 3.8) is 0 Å². The van der Waals surface area contributed by atoms with E-state index in [1.54, 1.807) is 11.3 Å². The second-order valence-corrected chi connectivity index (χ2v) is 6.27. The van der Waals surface area contributed by atoms with Crippen LogP contribution in [-0.4, -0.2) is 23.1 Å². The van der Waals surface area contributed by atoms with E-state index in [0.29, 0.717) is 12.0 Å². The monoisotopic (exact) mass is 262 g/mol. The molecular weight excluding hydrogens is 244 g/mol. The topological polar surface area (TPSA) is 55.0 Å². The number of anilines is 2. The zero-order valence-corrected chi connectivity index (χ0v) is 11.6. The second kappa shape index (κ2) is 4.39. The lowest BCUT2D eigenvalue weighted by Gasteiger charge is -2.26. The Kier molecular flexibility index (Phi) is 2.86. The van der Waals surface area contributed by atoms with E-state index >= 15 is 0 Å². The molecule has 0 bridgehead atoms. The first-order valence-corrected chi connectivity index (χ1v) is 7.23. The van der Waals surface area contributed by atoms with E-state index in [1.807, 2.05) is 0 Å². The Morgan fingerprint density at radius 2 is 2.06 bits per heavy atom. The van der Waals surface area contributed by atoms with Gasteiger partial charge in [-0.2, -0.15) is 4.98 Å². The first kappa shape index (κ1) is 11.7. The third-order valence-electron chi connectivity index (χ3n) is 3.72. The van der Waals surface area contributed by atoms with Crippen LogP contribution in [0.1, 0.15) is 30.6 Å². The summed E-state index contributed by atoms with van der Waals surface area (Å²) in [6.07, 6.45) is 5.15. The van der Waals surface area contributed by atoms with Crippen LogP contribution in [0.2, 0.25) is 0 Å². The van der Waals surface area contributed by atoms with E-state index < -0.39 is 0 Å². The van der Waals surface area contributed by atoms with Crippen LogP contribution in [0.25, 0.3) is 10.2 Å². The standard InChI is InChI=1S/C13H18N4S/c1-8-7-10-11(15-13(14)16-12(10)18-8)17(2)9-5-3-4-6-9/h7,9H,3-6H2,1-2H3,(H2,14,15,16). The van der Waals surface area contributed by atoms with Crippen molar-refractivity contribution in [3.8, 4) is 0 Å². The Morgan fingerprint density at radius 1 is 1.33 bits per heavy atom. The minimum Gasteiger partial charge on any atom is -0.368 e. The Bertz CT molecular complexity index is 572. The van der Waals surface area contributed by atoms with Crippen molar-refractivity contribution >= 4 is 33.3 Å². The molecule has 96 valence electrons. The van der Waals surface area contributed by atoms with Crippen LogP contribution in [-0.2, 0) is 0 Å². The largest absolute Gasteiger partial charge is 0.368 e. The van der Waals surface area contributed by atoms with E-state index in [-0.39, 0.29) is 0 Å². The Morgan fingerprint density at radius 3 is 2.78 bits per heavy atom. The summed E-state index contributed by atoms with van der Waals surface area (Å²) in [7, 11) is 2.13. The molecule has 3 rings (SSSR count). The number of fused-ring (bicyclic) bond motifs is 1. The van der Waals surface area contributed by atoms with Gasteiger partial charge in [0.15, 0.2) is 0 Å². The molecule has 5 heteroatoms. The third kappa shape index (κ3) is 1.92. The summed E-state index contributed by atoms with van der Waals surface area (Å²) in [5, 5.41) is 1.14. The maximum Gasteiger partial charge on any atom is 0.223 e. The fourth-order valence-electron chi connectivity index (χ4n) is 2.78. The molecule has 4 nitrogen and oxygen atoms in total. The molecule has 0 unspecified atom stereocenters. The molecule has 18 heavy (non-hydrogen) atoms. The average Bonchev–Trinajstić information content (AvgIpc) is 2.94. The summed E-state index contributed by atoms with van der Waals surface area (Å²) in [4.78, 5) is 13.3.